The van der Waals surface area contributed by atoms with Gasteiger partial charge >= 0.3 is 0 Å². The Morgan fingerprint density at radius 1 is 1.15 bits per heavy atom. The van der Waals surface area contributed by atoms with Crippen LogP contribution < -0.4 is 0 Å². The second kappa shape index (κ2) is 4.94. The molecule has 0 radical (unpaired) electrons. The summed E-state index contributed by atoms with van der Waals surface area (Å²) in [6.45, 7) is 6.67. The van der Waals surface area contributed by atoms with Gasteiger partial charge in [-0.15, -0.1) is 0 Å². The number of aliphatic hydroxyl groups excluding tert-OH is 1. The van der Waals surface area contributed by atoms with E-state index in [9.17, 15) is 5.11 Å². The van der Waals surface area contributed by atoms with Crippen molar-refractivity contribution in [1.29, 1.82) is 0 Å². The molecule has 1 saturated carbocycles. The quantitative estimate of drug-likeness (QED) is 0.720. The standard InChI is InChI=1S/C10H20OS2/c1-10(2,3)13-12-9-7-5-4-6-8(9)11/h8-9,11H,4-7H2,1-3H3/t8-,9-/m1/s1. The van der Waals surface area contributed by atoms with E-state index in [4.69, 9.17) is 0 Å². The Hall–Kier alpha value is 0.660. The lowest BCUT2D eigenvalue weighted by Crippen LogP contribution is -2.26. The van der Waals surface area contributed by atoms with E-state index in [2.05, 4.69) is 20.8 Å². The zero-order valence-electron chi connectivity index (χ0n) is 8.75. The van der Waals surface area contributed by atoms with E-state index in [1.165, 1.54) is 19.3 Å². The molecule has 0 unspecified atom stereocenters. The van der Waals surface area contributed by atoms with Gasteiger partial charge < -0.3 is 5.11 Å². The first-order valence-electron chi connectivity index (χ1n) is 5.01. The van der Waals surface area contributed by atoms with Crippen molar-refractivity contribution in [3.8, 4) is 0 Å². The summed E-state index contributed by atoms with van der Waals surface area (Å²) in [6.07, 6.45) is 4.63. The number of rotatable bonds is 2. The Morgan fingerprint density at radius 2 is 1.77 bits per heavy atom. The Kier molecular flexibility index (Phi) is 4.46. The highest BCUT2D eigenvalue weighted by molar-refractivity contribution is 8.77. The van der Waals surface area contributed by atoms with Crippen molar-refractivity contribution >= 4 is 21.6 Å². The summed E-state index contributed by atoms with van der Waals surface area (Å²) < 4.78 is 0.307. The van der Waals surface area contributed by atoms with Crippen LogP contribution in [0.25, 0.3) is 0 Å². The van der Waals surface area contributed by atoms with Crippen LogP contribution in [0.3, 0.4) is 0 Å². The van der Waals surface area contributed by atoms with Gasteiger partial charge in [0.1, 0.15) is 0 Å². The summed E-state index contributed by atoms with van der Waals surface area (Å²) in [6, 6.07) is 0. The zero-order valence-corrected chi connectivity index (χ0v) is 10.4. The SMILES string of the molecule is CC(C)(C)SS[C@@H]1CCCC[C@H]1O. The highest BCUT2D eigenvalue weighted by Crippen LogP contribution is 2.42. The molecule has 1 nitrogen and oxygen atoms in total. The van der Waals surface area contributed by atoms with E-state index < -0.39 is 0 Å². The lowest BCUT2D eigenvalue weighted by Gasteiger charge is -2.28. The maximum atomic E-state index is 9.73. The molecule has 0 aliphatic heterocycles. The molecule has 3 heteroatoms. The van der Waals surface area contributed by atoms with Crippen LogP contribution in [0.1, 0.15) is 46.5 Å². The Balaban J connectivity index is 2.27. The minimum atomic E-state index is -0.0615. The van der Waals surface area contributed by atoms with E-state index in [1.54, 1.807) is 0 Å². The fourth-order valence-electron chi connectivity index (χ4n) is 1.40. The van der Waals surface area contributed by atoms with Crippen molar-refractivity contribution in [2.45, 2.75) is 62.6 Å². The zero-order chi connectivity index (χ0) is 9.90. The average Bonchev–Trinajstić information content (AvgIpc) is 2.01. The lowest BCUT2D eigenvalue weighted by molar-refractivity contribution is 0.137. The van der Waals surface area contributed by atoms with E-state index >= 15 is 0 Å². The van der Waals surface area contributed by atoms with Crippen LogP contribution in [0.5, 0.6) is 0 Å². The van der Waals surface area contributed by atoms with E-state index in [0.29, 0.717) is 10.00 Å². The molecule has 0 heterocycles. The predicted molar refractivity (Wildman–Crippen MR) is 63.2 cm³/mol. The maximum absolute atomic E-state index is 9.73. The summed E-state index contributed by atoms with van der Waals surface area (Å²) in [4.78, 5) is 0. The van der Waals surface area contributed by atoms with Crippen LogP contribution in [0.15, 0.2) is 0 Å². The van der Waals surface area contributed by atoms with Crippen molar-refractivity contribution in [2.75, 3.05) is 0 Å². The molecule has 0 aromatic carbocycles. The van der Waals surface area contributed by atoms with Gasteiger partial charge in [-0.05, 0) is 12.8 Å². The van der Waals surface area contributed by atoms with Gasteiger partial charge in [-0.1, -0.05) is 55.2 Å². The monoisotopic (exact) mass is 220 g/mol. The molecule has 1 N–H and O–H groups in total. The first-order chi connectivity index (χ1) is 5.99. The van der Waals surface area contributed by atoms with Gasteiger partial charge in [0.25, 0.3) is 0 Å². The molecule has 0 bridgehead atoms. The number of hydrogen-bond donors (Lipinski definition) is 1. The van der Waals surface area contributed by atoms with Gasteiger partial charge in [-0.2, -0.15) is 0 Å². The third-order valence-corrected chi connectivity index (χ3v) is 6.01. The molecule has 0 spiro atoms. The normalized spacial score (nSPS) is 30.5. The van der Waals surface area contributed by atoms with Crippen molar-refractivity contribution in [3.63, 3.8) is 0 Å². The fourth-order valence-corrected chi connectivity index (χ4v) is 4.25. The highest BCUT2D eigenvalue weighted by Gasteiger charge is 2.25. The largest absolute Gasteiger partial charge is 0.392 e. The summed E-state index contributed by atoms with van der Waals surface area (Å²) in [7, 11) is 3.78. The molecule has 78 valence electrons. The van der Waals surface area contributed by atoms with Crippen LogP contribution in [0, 0.1) is 0 Å². The fraction of sp³-hybridized carbons (Fsp3) is 1.00. The summed E-state index contributed by atoms with van der Waals surface area (Å²) >= 11 is 0. The van der Waals surface area contributed by atoms with Gasteiger partial charge in [0.2, 0.25) is 0 Å². The molecular formula is C10H20OS2. The van der Waals surface area contributed by atoms with Crippen molar-refractivity contribution in [2.24, 2.45) is 0 Å². The van der Waals surface area contributed by atoms with Gasteiger partial charge in [-0.25, -0.2) is 0 Å². The van der Waals surface area contributed by atoms with E-state index in [1.807, 2.05) is 21.6 Å². The molecule has 1 rings (SSSR count). The molecule has 0 saturated heterocycles. The third kappa shape index (κ3) is 4.61. The van der Waals surface area contributed by atoms with Gasteiger partial charge in [0.15, 0.2) is 0 Å². The van der Waals surface area contributed by atoms with Crippen molar-refractivity contribution in [1.82, 2.24) is 0 Å². The van der Waals surface area contributed by atoms with Crippen LogP contribution in [-0.4, -0.2) is 21.2 Å². The molecule has 13 heavy (non-hydrogen) atoms. The molecule has 2 atom stereocenters. The minimum absolute atomic E-state index is 0.0615. The first-order valence-corrected chi connectivity index (χ1v) is 7.23. The minimum Gasteiger partial charge on any atom is -0.392 e. The smallest absolute Gasteiger partial charge is 0.0667 e. The van der Waals surface area contributed by atoms with Crippen LogP contribution in [0.2, 0.25) is 0 Å². The highest BCUT2D eigenvalue weighted by atomic mass is 33.1. The van der Waals surface area contributed by atoms with Crippen LogP contribution >= 0.6 is 21.6 Å². The van der Waals surface area contributed by atoms with Crippen molar-refractivity contribution < 1.29 is 5.11 Å². The van der Waals surface area contributed by atoms with Gasteiger partial charge in [0, 0.05) is 10.00 Å². The first kappa shape index (κ1) is 11.7. The average molecular weight is 220 g/mol. The maximum Gasteiger partial charge on any atom is 0.0667 e. The topological polar surface area (TPSA) is 20.2 Å². The van der Waals surface area contributed by atoms with Crippen LogP contribution in [0.4, 0.5) is 0 Å². The molecule has 1 aliphatic carbocycles. The summed E-state index contributed by atoms with van der Waals surface area (Å²) in [5.41, 5.74) is 0. The molecule has 0 aromatic rings. The summed E-state index contributed by atoms with van der Waals surface area (Å²) in [5, 5.41) is 10.2. The Labute approximate surface area is 89.5 Å². The van der Waals surface area contributed by atoms with E-state index in [-0.39, 0.29) is 6.10 Å². The predicted octanol–water partition coefficient (Wildman–Crippen LogP) is 3.47. The molecule has 0 aromatic heterocycles. The molecule has 1 aliphatic rings. The van der Waals surface area contributed by atoms with Gasteiger partial charge in [0.05, 0.1) is 6.10 Å². The molecular weight excluding hydrogens is 200 g/mol. The lowest BCUT2D eigenvalue weighted by atomic mass is 9.97. The molecule has 1 fully saturated rings. The third-order valence-electron chi connectivity index (χ3n) is 2.09. The van der Waals surface area contributed by atoms with Gasteiger partial charge in [-0.3, -0.25) is 0 Å². The van der Waals surface area contributed by atoms with E-state index in [0.717, 1.165) is 6.42 Å². The second-order valence-electron chi connectivity index (χ2n) is 4.68. The summed E-state index contributed by atoms with van der Waals surface area (Å²) in [5.74, 6) is 0. The Bertz CT molecular complexity index is 153. The number of hydrogen-bond acceptors (Lipinski definition) is 3. The van der Waals surface area contributed by atoms with Crippen LogP contribution in [-0.2, 0) is 0 Å². The number of aliphatic hydroxyl groups is 1. The Morgan fingerprint density at radius 3 is 2.31 bits per heavy atom. The van der Waals surface area contributed by atoms with Crippen molar-refractivity contribution in [3.05, 3.63) is 0 Å². The second-order valence-corrected chi connectivity index (χ2v) is 7.95. The molecule has 0 amide bonds.